The number of fused-ring (bicyclic) bond motifs is 1. The summed E-state index contributed by atoms with van der Waals surface area (Å²) in [6.07, 6.45) is 1.51. The SMILES string of the molecule is Nc1cc(Cl)ccc1[N+](=O)[O-].O=[N+]([O-])c1ccc(Cl)c2cccnc12. The van der Waals surface area contributed by atoms with Gasteiger partial charge in [-0.15, -0.1) is 0 Å². The topological polar surface area (TPSA) is 125 Å². The number of nitro groups is 2. The average Bonchev–Trinajstić information content (AvgIpc) is 2.55. The lowest BCUT2D eigenvalue weighted by molar-refractivity contribution is -0.383. The maximum atomic E-state index is 10.6. The Morgan fingerprint density at radius 3 is 2.20 bits per heavy atom. The summed E-state index contributed by atoms with van der Waals surface area (Å²) in [6, 6.07) is 10.3. The van der Waals surface area contributed by atoms with Crippen LogP contribution in [0.1, 0.15) is 0 Å². The molecular weight excluding hydrogens is 371 g/mol. The van der Waals surface area contributed by atoms with Gasteiger partial charge in [-0.1, -0.05) is 23.2 Å². The van der Waals surface area contributed by atoms with Gasteiger partial charge in [0.05, 0.1) is 14.9 Å². The number of nitro benzene ring substituents is 2. The lowest BCUT2D eigenvalue weighted by Gasteiger charge is -1.99. The quantitative estimate of drug-likeness (QED) is 0.392. The fourth-order valence-electron chi connectivity index (χ4n) is 1.96. The summed E-state index contributed by atoms with van der Waals surface area (Å²) in [5.74, 6) is 0. The molecule has 2 aromatic carbocycles. The van der Waals surface area contributed by atoms with Crippen LogP contribution in [0, 0.1) is 20.2 Å². The van der Waals surface area contributed by atoms with Crippen LogP contribution in [-0.2, 0) is 0 Å². The first kappa shape index (κ1) is 18.4. The Labute approximate surface area is 151 Å². The van der Waals surface area contributed by atoms with E-state index < -0.39 is 9.85 Å². The van der Waals surface area contributed by atoms with E-state index in [2.05, 4.69) is 4.98 Å². The fraction of sp³-hybridized carbons (Fsp3) is 0. The van der Waals surface area contributed by atoms with Gasteiger partial charge in [0.15, 0.2) is 0 Å². The van der Waals surface area contributed by atoms with Gasteiger partial charge in [0.1, 0.15) is 11.2 Å². The zero-order valence-electron chi connectivity index (χ0n) is 12.4. The molecule has 0 spiro atoms. The van der Waals surface area contributed by atoms with Gasteiger partial charge in [0.2, 0.25) is 0 Å². The second kappa shape index (κ2) is 7.73. The van der Waals surface area contributed by atoms with Gasteiger partial charge in [0, 0.05) is 28.7 Å². The monoisotopic (exact) mass is 380 g/mol. The summed E-state index contributed by atoms with van der Waals surface area (Å²) in [4.78, 5) is 23.8. The molecule has 0 aliphatic heterocycles. The third kappa shape index (κ3) is 4.31. The smallest absolute Gasteiger partial charge is 0.295 e. The molecule has 1 aromatic heterocycles. The van der Waals surface area contributed by atoms with E-state index in [1.807, 2.05) is 0 Å². The van der Waals surface area contributed by atoms with Crippen molar-refractivity contribution in [2.45, 2.75) is 0 Å². The zero-order valence-corrected chi connectivity index (χ0v) is 13.9. The molecule has 25 heavy (non-hydrogen) atoms. The van der Waals surface area contributed by atoms with E-state index >= 15 is 0 Å². The third-order valence-corrected chi connectivity index (χ3v) is 3.64. The predicted molar refractivity (Wildman–Crippen MR) is 95.9 cm³/mol. The summed E-state index contributed by atoms with van der Waals surface area (Å²) >= 11 is 11.4. The summed E-state index contributed by atoms with van der Waals surface area (Å²) < 4.78 is 0. The first-order valence-electron chi connectivity index (χ1n) is 6.68. The van der Waals surface area contributed by atoms with E-state index in [0.717, 1.165) is 0 Å². The number of halogens is 2. The van der Waals surface area contributed by atoms with Gasteiger partial charge < -0.3 is 5.73 Å². The van der Waals surface area contributed by atoms with Crippen LogP contribution in [0.3, 0.4) is 0 Å². The minimum atomic E-state index is -0.550. The Kier molecular flexibility index (Phi) is 5.68. The molecule has 1 heterocycles. The number of pyridine rings is 1. The van der Waals surface area contributed by atoms with Crippen molar-refractivity contribution in [3.8, 4) is 0 Å². The Morgan fingerprint density at radius 1 is 0.960 bits per heavy atom. The molecule has 0 aliphatic rings. The largest absolute Gasteiger partial charge is 0.393 e. The zero-order chi connectivity index (χ0) is 18.6. The van der Waals surface area contributed by atoms with Crippen LogP contribution in [0.5, 0.6) is 0 Å². The van der Waals surface area contributed by atoms with E-state index in [1.165, 1.54) is 36.5 Å². The minimum absolute atomic E-state index is 0.0231. The van der Waals surface area contributed by atoms with Crippen molar-refractivity contribution < 1.29 is 9.85 Å². The molecule has 0 atom stereocenters. The number of non-ortho nitro benzene ring substituents is 1. The molecule has 0 radical (unpaired) electrons. The van der Waals surface area contributed by atoms with Crippen molar-refractivity contribution >= 4 is 51.2 Å². The number of nitrogens with two attached hydrogens (primary N) is 1. The predicted octanol–water partition coefficient (Wildman–Crippen LogP) is 4.63. The average molecular weight is 381 g/mol. The summed E-state index contributed by atoms with van der Waals surface area (Å²) in [5, 5.41) is 22.3. The summed E-state index contributed by atoms with van der Waals surface area (Å²) in [5.41, 5.74) is 5.57. The lowest BCUT2D eigenvalue weighted by Crippen LogP contribution is -1.94. The second-order valence-corrected chi connectivity index (χ2v) is 5.53. The number of anilines is 1. The number of benzene rings is 2. The van der Waals surface area contributed by atoms with Crippen molar-refractivity contribution in [1.29, 1.82) is 0 Å². The molecule has 8 nitrogen and oxygen atoms in total. The third-order valence-electron chi connectivity index (χ3n) is 3.08. The molecule has 128 valence electrons. The molecular formula is C15H10Cl2N4O4. The Hall–Kier alpha value is -2.97. The molecule has 3 aromatic rings. The van der Waals surface area contributed by atoms with Crippen LogP contribution in [0.2, 0.25) is 10.0 Å². The first-order valence-corrected chi connectivity index (χ1v) is 7.44. The fourth-order valence-corrected chi connectivity index (χ4v) is 2.36. The Morgan fingerprint density at radius 2 is 1.60 bits per heavy atom. The standard InChI is InChI=1S/C9H5ClN2O2.C6H5ClN2O2/c10-7-3-4-8(12(13)14)9-6(7)2-1-5-11-9;7-4-1-2-6(9(10)11)5(8)3-4/h1-5H;1-3H,8H2. The Bertz CT molecular complexity index is 965. The van der Waals surface area contributed by atoms with Crippen LogP contribution in [0.15, 0.2) is 48.7 Å². The van der Waals surface area contributed by atoms with Crippen molar-refractivity contribution in [3.63, 3.8) is 0 Å². The highest BCUT2D eigenvalue weighted by atomic mass is 35.5. The van der Waals surface area contributed by atoms with E-state index in [0.29, 0.717) is 20.9 Å². The van der Waals surface area contributed by atoms with Crippen molar-refractivity contribution in [1.82, 2.24) is 4.98 Å². The van der Waals surface area contributed by atoms with Gasteiger partial charge in [-0.3, -0.25) is 20.2 Å². The van der Waals surface area contributed by atoms with Gasteiger partial charge in [-0.2, -0.15) is 0 Å². The normalized spacial score (nSPS) is 10.0. The van der Waals surface area contributed by atoms with Gasteiger partial charge >= 0.3 is 0 Å². The van der Waals surface area contributed by atoms with Gasteiger partial charge in [0.25, 0.3) is 11.4 Å². The molecule has 0 aliphatic carbocycles. The van der Waals surface area contributed by atoms with Gasteiger partial charge in [-0.25, -0.2) is 4.98 Å². The molecule has 2 N–H and O–H groups in total. The highest BCUT2D eigenvalue weighted by molar-refractivity contribution is 6.35. The number of nitrogen functional groups attached to an aromatic ring is 1. The maximum absolute atomic E-state index is 10.6. The molecule has 0 unspecified atom stereocenters. The molecule has 0 amide bonds. The number of rotatable bonds is 2. The first-order chi connectivity index (χ1) is 11.8. The maximum Gasteiger partial charge on any atom is 0.295 e. The van der Waals surface area contributed by atoms with Gasteiger partial charge in [-0.05, 0) is 30.3 Å². The van der Waals surface area contributed by atoms with Crippen LogP contribution in [0.4, 0.5) is 17.1 Å². The molecule has 0 fully saturated rings. The minimum Gasteiger partial charge on any atom is -0.393 e. The molecule has 0 bridgehead atoms. The highest BCUT2D eigenvalue weighted by Crippen LogP contribution is 2.29. The van der Waals surface area contributed by atoms with Crippen LogP contribution >= 0.6 is 23.2 Å². The number of hydrogen-bond donors (Lipinski definition) is 1. The van der Waals surface area contributed by atoms with Crippen molar-refractivity contribution in [2.24, 2.45) is 0 Å². The lowest BCUT2D eigenvalue weighted by atomic mass is 10.2. The number of aromatic nitrogens is 1. The van der Waals surface area contributed by atoms with Crippen LogP contribution < -0.4 is 5.73 Å². The number of nitrogens with zero attached hydrogens (tertiary/aromatic N) is 3. The van der Waals surface area contributed by atoms with Crippen molar-refractivity contribution in [3.05, 3.63) is 78.9 Å². The number of hydrogen-bond acceptors (Lipinski definition) is 6. The van der Waals surface area contributed by atoms with E-state index in [-0.39, 0.29) is 17.1 Å². The highest BCUT2D eigenvalue weighted by Gasteiger charge is 2.13. The molecule has 0 saturated carbocycles. The molecule has 0 saturated heterocycles. The Balaban J connectivity index is 0.000000186. The van der Waals surface area contributed by atoms with E-state index in [4.69, 9.17) is 28.9 Å². The van der Waals surface area contributed by atoms with Crippen molar-refractivity contribution in [2.75, 3.05) is 5.73 Å². The van der Waals surface area contributed by atoms with Crippen LogP contribution in [-0.4, -0.2) is 14.8 Å². The summed E-state index contributed by atoms with van der Waals surface area (Å²) in [6.45, 7) is 0. The van der Waals surface area contributed by atoms with E-state index in [1.54, 1.807) is 12.1 Å². The van der Waals surface area contributed by atoms with E-state index in [9.17, 15) is 20.2 Å². The van der Waals surface area contributed by atoms with Crippen LogP contribution in [0.25, 0.3) is 10.9 Å². The molecule has 10 heteroatoms. The molecule has 3 rings (SSSR count). The summed E-state index contributed by atoms with van der Waals surface area (Å²) in [7, 11) is 0. The second-order valence-electron chi connectivity index (χ2n) is 4.68.